The van der Waals surface area contributed by atoms with Gasteiger partial charge in [-0.25, -0.2) is 0 Å². The standard InChI is InChI=1S/C29H22O/c1-2-27(30)25-20-12-13-21-26(25)29(24-18-10-5-11-19-24)28(22-14-6-3-7-15-22)23-16-8-4-9-17-23/h2-21H,1H2. The predicted octanol–water partition coefficient (Wildman–Crippen LogP) is 7.06. The van der Waals surface area contributed by atoms with Gasteiger partial charge in [0.25, 0.3) is 0 Å². The van der Waals surface area contributed by atoms with Crippen LogP contribution in [0.25, 0.3) is 11.1 Å². The lowest BCUT2D eigenvalue weighted by Gasteiger charge is -2.19. The summed E-state index contributed by atoms with van der Waals surface area (Å²) in [5, 5.41) is 0. The average molecular weight is 386 g/mol. The van der Waals surface area contributed by atoms with Gasteiger partial charge in [-0.2, -0.15) is 0 Å². The molecule has 0 spiro atoms. The van der Waals surface area contributed by atoms with Crippen molar-refractivity contribution in [2.75, 3.05) is 0 Å². The van der Waals surface area contributed by atoms with Crippen molar-refractivity contribution >= 4 is 16.9 Å². The second kappa shape index (κ2) is 9.02. The van der Waals surface area contributed by atoms with Crippen LogP contribution in [0.2, 0.25) is 0 Å². The molecule has 0 radical (unpaired) electrons. The molecule has 0 amide bonds. The molecular formula is C29H22O. The predicted molar refractivity (Wildman–Crippen MR) is 125 cm³/mol. The Morgan fingerprint density at radius 1 is 0.500 bits per heavy atom. The van der Waals surface area contributed by atoms with Crippen LogP contribution in [0.15, 0.2) is 128 Å². The van der Waals surface area contributed by atoms with Crippen molar-refractivity contribution in [2.45, 2.75) is 0 Å². The van der Waals surface area contributed by atoms with Gasteiger partial charge in [0.1, 0.15) is 0 Å². The van der Waals surface area contributed by atoms with Crippen molar-refractivity contribution in [1.29, 1.82) is 0 Å². The van der Waals surface area contributed by atoms with E-state index in [0.717, 1.165) is 33.4 Å². The molecule has 0 bridgehead atoms. The Hall–Kier alpha value is -3.97. The Bertz CT molecular complexity index is 1150. The molecule has 0 unspecified atom stereocenters. The lowest BCUT2D eigenvalue weighted by Crippen LogP contribution is -2.04. The van der Waals surface area contributed by atoms with E-state index in [1.807, 2.05) is 78.9 Å². The van der Waals surface area contributed by atoms with E-state index in [2.05, 4.69) is 43.0 Å². The summed E-state index contributed by atoms with van der Waals surface area (Å²) in [5.41, 5.74) is 6.92. The molecule has 0 aliphatic carbocycles. The molecule has 144 valence electrons. The van der Waals surface area contributed by atoms with Gasteiger partial charge in [-0.1, -0.05) is 122 Å². The molecule has 0 atom stereocenters. The highest BCUT2D eigenvalue weighted by Gasteiger charge is 2.19. The van der Waals surface area contributed by atoms with Crippen LogP contribution in [-0.2, 0) is 0 Å². The van der Waals surface area contributed by atoms with E-state index in [4.69, 9.17) is 0 Å². The van der Waals surface area contributed by atoms with Crippen LogP contribution in [0.1, 0.15) is 32.6 Å². The number of ketones is 1. The summed E-state index contributed by atoms with van der Waals surface area (Å²) in [6.45, 7) is 3.71. The van der Waals surface area contributed by atoms with Crippen LogP contribution >= 0.6 is 0 Å². The molecule has 0 fully saturated rings. The first kappa shape index (κ1) is 19.4. The Kier molecular flexibility index (Phi) is 5.82. The van der Waals surface area contributed by atoms with Gasteiger partial charge in [0, 0.05) is 5.56 Å². The van der Waals surface area contributed by atoms with Gasteiger partial charge in [0.05, 0.1) is 0 Å². The van der Waals surface area contributed by atoms with E-state index < -0.39 is 0 Å². The Morgan fingerprint density at radius 2 is 0.867 bits per heavy atom. The lowest BCUT2D eigenvalue weighted by molar-refractivity contribution is 0.104. The minimum Gasteiger partial charge on any atom is -0.289 e. The molecule has 1 heteroatoms. The van der Waals surface area contributed by atoms with Crippen LogP contribution in [0, 0.1) is 0 Å². The van der Waals surface area contributed by atoms with Gasteiger partial charge >= 0.3 is 0 Å². The summed E-state index contributed by atoms with van der Waals surface area (Å²) in [7, 11) is 0. The fourth-order valence-corrected chi connectivity index (χ4v) is 3.73. The molecule has 4 aromatic rings. The quantitative estimate of drug-likeness (QED) is 0.197. The van der Waals surface area contributed by atoms with Crippen molar-refractivity contribution < 1.29 is 4.79 Å². The van der Waals surface area contributed by atoms with Crippen molar-refractivity contribution in [3.05, 3.63) is 156 Å². The fourth-order valence-electron chi connectivity index (χ4n) is 3.73. The number of carbonyl (C=O) groups excluding carboxylic acids is 1. The van der Waals surface area contributed by atoms with Crippen molar-refractivity contribution in [3.8, 4) is 0 Å². The molecule has 0 heterocycles. The largest absolute Gasteiger partial charge is 0.289 e. The first-order valence-corrected chi connectivity index (χ1v) is 9.96. The number of allylic oxidation sites excluding steroid dienone is 1. The highest BCUT2D eigenvalue weighted by Crippen LogP contribution is 2.38. The first-order chi connectivity index (χ1) is 14.8. The van der Waals surface area contributed by atoms with Crippen LogP contribution in [-0.4, -0.2) is 5.78 Å². The molecule has 30 heavy (non-hydrogen) atoms. The summed E-state index contributed by atoms with van der Waals surface area (Å²) in [4.78, 5) is 12.7. The van der Waals surface area contributed by atoms with Gasteiger partial charge < -0.3 is 0 Å². The maximum atomic E-state index is 12.7. The smallest absolute Gasteiger partial charge is 0.185 e. The third-order valence-electron chi connectivity index (χ3n) is 5.08. The number of rotatable bonds is 6. The van der Waals surface area contributed by atoms with Gasteiger partial charge in [-0.15, -0.1) is 0 Å². The zero-order valence-electron chi connectivity index (χ0n) is 16.7. The van der Waals surface area contributed by atoms with E-state index in [9.17, 15) is 4.79 Å². The van der Waals surface area contributed by atoms with E-state index in [1.54, 1.807) is 0 Å². The Labute approximate surface area is 177 Å². The zero-order chi connectivity index (χ0) is 20.8. The maximum Gasteiger partial charge on any atom is 0.185 e. The topological polar surface area (TPSA) is 17.1 Å². The summed E-state index contributed by atoms with van der Waals surface area (Å²) < 4.78 is 0. The molecule has 0 aromatic heterocycles. The minimum atomic E-state index is -0.0838. The first-order valence-electron chi connectivity index (χ1n) is 9.96. The average Bonchev–Trinajstić information content (AvgIpc) is 2.83. The van der Waals surface area contributed by atoms with E-state index >= 15 is 0 Å². The molecule has 0 N–H and O–H groups in total. The molecule has 0 saturated heterocycles. The van der Waals surface area contributed by atoms with Gasteiger partial charge in [0.15, 0.2) is 5.78 Å². The molecule has 4 aromatic carbocycles. The highest BCUT2D eigenvalue weighted by atomic mass is 16.1. The number of hydrogen-bond donors (Lipinski definition) is 0. The second-order valence-electron chi connectivity index (χ2n) is 6.96. The Morgan fingerprint density at radius 3 is 1.30 bits per heavy atom. The molecule has 0 aliphatic rings. The molecule has 4 rings (SSSR count). The second-order valence-corrected chi connectivity index (χ2v) is 6.96. The lowest BCUT2D eigenvalue weighted by atomic mass is 9.83. The Balaban J connectivity index is 2.15. The molecule has 0 aliphatic heterocycles. The van der Waals surface area contributed by atoms with Crippen LogP contribution in [0.4, 0.5) is 0 Å². The summed E-state index contributed by atoms with van der Waals surface area (Å²) >= 11 is 0. The van der Waals surface area contributed by atoms with Crippen molar-refractivity contribution in [2.24, 2.45) is 0 Å². The van der Waals surface area contributed by atoms with Crippen molar-refractivity contribution in [1.82, 2.24) is 0 Å². The zero-order valence-corrected chi connectivity index (χ0v) is 16.7. The summed E-state index contributed by atoms with van der Waals surface area (Å²) in [5.74, 6) is -0.0838. The van der Waals surface area contributed by atoms with E-state index in [-0.39, 0.29) is 5.78 Å². The fraction of sp³-hybridized carbons (Fsp3) is 0. The van der Waals surface area contributed by atoms with Crippen LogP contribution in [0.5, 0.6) is 0 Å². The normalized spacial score (nSPS) is 10.3. The highest BCUT2D eigenvalue weighted by molar-refractivity contribution is 6.13. The van der Waals surface area contributed by atoms with E-state index in [1.165, 1.54) is 6.08 Å². The molecule has 1 nitrogen and oxygen atoms in total. The van der Waals surface area contributed by atoms with E-state index in [0.29, 0.717) is 5.56 Å². The van der Waals surface area contributed by atoms with Gasteiger partial charge in [0.2, 0.25) is 0 Å². The summed E-state index contributed by atoms with van der Waals surface area (Å²) in [6, 6.07) is 38.7. The maximum absolute atomic E-state index is 12.7. The minimum absolute atomic E-state index is 0.0838. The summed E-state index contributed by atoms with van der Waals surface area (Å²) in [6.07, 6.45) is 1.38. The molecule has 0 saturated carbocycles. The van der Waals surface area contributed by atoms with Gasteiger partial charge in [-0.3, -0.25) is 4.79 Å². The number of carbonyl (C=O) groups is 1. The van der Waals surface area contributed by atoms with Crippen LogP contribution < -0.4 is 0 Å². The van der Waals surface area contributed by atoms with Crippen molar-refractivity contribution in [3.63, 3.8) is 0 Å². The number of benzene rings is 4. The van der Waals surface area contributed by atoms with Gasteiger partial charge in [-0.05, 0) is 39.5 Å². The third kappa shape index (κ3) is 3.92. The monoisotopic (exact) mass is 386 g/mol. The number of hydrogen-bond acceptors (Lipinski definition) is 1. The molecular weight excluding hydrogens is 364 g/mol. The van der Waals surface area contributed by atoms with Crippen LogP contribution in [0.3, 0.4) is 0 Å². The SMILES string of the molecule is C=CC(=O)c1ccccc1C(=C(c1ccccc1)c1ccccc1)c1ccccc1. The third-order valence-corrected chi connectivity index (χ3v) is 5.08.